The second kappa shape index (κ2) is 9.73. The molecule has 0 aliphatic carbocycles. The van der Waals surface area contributed by atoms with Gasteiger partial charge in [-0.1, -0.05) is 13.8 Å². The SMILES string of the molecule is CC(C)C(COC=O)NP1OCC(OC(C)n2cnc3c(N)ncnc32)[C@H](C)O1. The summed E-state index contributed by atoms with van der Waals surface area (Å²) in [5, 5.41) is 3.29. The van der Waals surface area contributed by atoms with E-state index in [1.54, 1.807) is 10.9 Å². The Bertz CT molecular complexity index is 821. The Morgan fingerprint density at radius 2 is 2.21 bits per heavy atom. The Balaban J connectivity index is 1.58. The minimum absolute atomic E-state index is 0.0580. The van der Waals surface area contributed by atoms with Crippen LogP contribution in [0.15, 0.2) is 12.7 Å². The number of carbonyl (C=O) groups excluding carboxylic acids is 1. The van der Waals surface area contributed by atoms with Crippen LogP contribution in [0.1, 0.15) is 33.9 Å². The topological polar surface area (TPSA) is 136 Å². The number of nitrogens with zero attached hydrogens (tertiary/aromatic N) is 4. The highest BCUT2D eigenvalue weighted by atomic mass is 31.2. The van der Waals surface area contributed by atoms with Crippen LogP contribution in [-0.4, -0.2) is 57.5 Å². The van der Waals surface area contributed by atoms with Crippen LogP contribution in [0.3, 0.4) is 0 Å². The third-order valence-electron chi connectivity index (χ3n) is 4.71. The summed E-state index contributed by atoms with van der Waals surface area (Å²) in [5.74, 6) is 0.575. The zero-order valence-electron chi connectivity index (χ0n) is 16.9. The van der Waals surface area contributed by atoms with Gasteiger partial charge in [0.05, 0.1) is 25.1 Å². The van der Waals surface area contributed by atoms with E-state index in [4.69, 9.17) is 24.3 Å². The van der Waals surface area contributed by atoms with E-state index in [2.05, 4.69) is 20.0 Å². The van der Waals surface area contributed by atoms with Crippen LogP contribution in [0.25, 0.3) is 11.2 Å². The number of hydrogen-bond acceptors (Lipinski definition) is 10. The summed E-state index contributed by atoms with van der Waals surface area (Å²) in [6.45, 7) is 8.98. The van der Waals surface area contributed by atoms with Gasteiger partial charge in [-0.15, -0.1) is 0 Å². The van der Waals surface area contributed by atoms with Crippen molar-refractivity contribution < 1.29 is 23.3 Å². The Morgan fingerprint density at radius 1 is 1.41 bits per heavy atom. The number of fused-ring (bicyclic) bond motifs is 1. The van der Waals surface area contributed by atoms with Crippen LogP contribution in [0, 0.1) is 5.92 Å². The lowest BCUT2D eigenvalue weighted by Crippen LogP contribution is -2.42. The van der Waals surface area contributed by atoms with Gasteiger partial charge in [0, 0.05) is 0 Å². The Labute approximate surface area is 170 Å². The van der Waals surface area contributed by atoms with Crippen molar-refractivity contribution in [2.45, 2.75) is 52.2 Å². The fraction of sp³-hybridized carbons (Fsp3) is 0.647. The lowest BCUT2D eigenvalue weighted by Gasteiger charge is -2.37. The summed E-state index contributed by atoms with van der Waals surface area (Å²) in [6, 6.07) is -0.0580. The molecule has 3 rings (SSSR count). The number of aromatic nitrogens is 4. The van der Waals surface area contributed by atoms with E-state index in [9.17, 15) is 4.79 Å². The minimum atomic E-state index is -1.31. The zero-order chi connectivity index (χ0) is 21.0. The van der Waals surface area contributed by atoms with Crippen LogP contribution in [0.4, 0.5) is 5.82 Å². The molecule has 0 spiro atoms. The van der Waals surface area contributed by atoms with Crippen molar-refractivity contribution in [1.29, 1.82) is 0 Å². The highest BCUT2D eigenvalue weighted by Gasteiger charge is 2.34. The molecule has 11 nitrogen and oxygen atoms in total. The molecule has 5 atom stereocenters. The number of nitrogens with two attached hydrogens (primary N) is 1. The number of carbonyl (C=O) groups is 1. The first-order chi connectivity index (χ1) is 13.9. The Morgan fingerprint density at radius 3 is 2.90 bits per heavy atom. The Kier molecular flexibility index (Phi) is 7.31. The third kappa shape index (κ3) is 5.18. The predicted octanol–water partition coefficient (Wildman–Crippen LogP) is 1.76. The monoisotopic (exact) mass is 426 g/mol. The fourth-order valence-corrected chi connectivity index (χ4v) is 4.42. The van der Waals surface area contributed by atoms with Crippen molar-refractivity contribution in [1.82, 2.24) is 24.6 Å². The molecular weight excluding hydrogens is 399 g/mol. The van der Waals surface area contributed by atoms with Gasteiger partial charge in [-0.3, -0.25) is 9.36 Å². The van der Waals surface area contributed by atoms with E-state index in [-0.39, 0.29) is 37.0 Å². The summed E-state index contributed by atoms with van der Waals surface area (Å²) in [6.07, 6.45) is 2.21. The molecule has 2 aromatic rings. The first-order valence-electron chi connectivity index (χ1n) is 9.40. The van der Waals surface area contributed by atoms with Crippen molar-refractivity contribution in [3.8, 4) is 0 Å². The normalized spacial score (nSPS) is 24.5. The molecule has 1 aliphatic rings. The number of nitrogens with one attached hydrogen (secondary N) is 1. The largest absolute Gasteiger partial charge is 0.466 e. The van der Waals surface area contributed by atoms with Gasteiger partial charge < -0.3 is 24.3 Å². The maximum absolute atomic E-state index is 10.5. The van der Waals surface area contributed by atoms with E-state index in [1.807, 2.05) is 27.7 Å². The van der Waals surface area contributed by atoms with Gasteiger partial charge in [0.25, 0.3) is 15.0 Å². The fourth-order valence-electron chi connectivity index (χ4n) is 2.86. The molecule has 0 aromatic carbocycles. The number of imidazole rings is 1. The molecule has 0 bridgehead atoms. The Hall–Kier alpha value is -1.91. The van der Waals surface area contributed by atoms with Gasteiger partial charge in [-0.05, 0) is 19.8 Å². The molecule has 3 heterocycles. The summed E-state index contributed by atoms with van der Waals surface area (Å²) >= 11 is 0. The molecule has 160 valence electrons. The first kappa shape index (κ1) is 21.8. The lowest BCUT2D eigenvalue weighted by atomic mass is 10.1. The first-order valence-corrected chi connectivity index (χ1v) is 10.6. The van der Waals surface area contributed by atoms with Crippen LogP contribution in [-0.2, 0) is 23.3 Å². The molecule has 2 aromatic heterocycles. The number of hydrogen-bond donors (Lipinski definition) is 2. The van der Waals surface area contributed by atoms with Gasteiger partial charge >= 0.3 is 0 Å². The molecule has 3 N–H and O–H groups in total. The van der Waals surface area contributed by atoms with Crippen LogP contribution in [0.5, 0.6) is 0 Å². The van der Waals surface area contributed by atoms with E-state index in [0.717, 1.165) is 0 Å². The van der Waals surface area contributed by atoms with E-state index in [1.165, 1.54) is 6.33 Å². The average molecular weight is 426 g/mol. The number of nitrogen functional groups attached to an aromatic ring is 1. The molecule has 1 fully saturated rings. The van der Waals surface area contributed by atoms with Crippen molar-refractivity contribution in [2.24, 2.45) is 5.92 Å². The standard InChI is InChI=1S/C17H27N6O5P/c1-10(2)13(5-25-9-24)22-29-26-6-14(11(3)28-29)27-12(4)23-8-21-15-16(18)19-7-20-17(15)23/h7-14,22H,5-6H2,1-4H3,(H2,18,19,20)/t11-,12?,13?,14?,29?/m0/s1. The van der Waals surface area contributed by atoms with E-state index in [0.29, 0.717) is 30.1 Å². The second-order valence-electron chi connectivity index (χ2n) is 7.13. The molecular formula is C17H27N6O5P. The van der Waals surface area contributed by atoms with Gasteiger partial charge in [0.1, 0.15) is 30.8 Å². The molecule has 0 saturated carbocycles. The molecule has 0 amide bonds. The highest BCUT2D eigenvalue weighted by Crippen LogP contribution is 2.42. The summed E-state index contributed by atoms with van der Waals surface area (Å²) < 4.78 is 24.6. The van der Waals surface area contributed by atoms with Crippen molar-refractivity contribution in [3.05, 3.63) is 12.7 Å². The maximum Gasteiger partial charge on any atom is 0.293 e. The molecule has 4 unspecified atom stereocenters. The highest BCUT2D eigenvalue weighted by molar-refractivity contribution is 7.45. The van der Waals surface area contributed by atoms with Gasteiger partial charge in [-0.2, -0.15) is 0 Å². The van der Waals surface area contributed by atoms with Crippen molar-refractivity contribution in [2.75, 3.05) is 18.9 Å². The van der Waals surface area contributed by atoms with Gasteiger partial charge in [-0.25, -0.2) is 20.0 Å². The summed E-state index contributed by atoms with van der Waals surface area (Å²) in [5.41, 5.74) is 6.99. The summed E-state index contributed by atoms with van der Waals surface area (Å²) in [4.78, 5) is 22.9. The van der Waals surface area contributed by atoms with Gasteiger partial charge in [0.15, 0.2) is 11.5 Å². The summed E-state index contributed by atoms with van der Waals surface area (Å²) in [7, 11) is -1.31. The number of anilines is 1. The molecule has 29 heavy (non-hydrogen) atoms. The number of rotatable bonds is 9. The van der Waals surface area contributed by atoms with Crippen LogP contribution in [0.2, 0.25) is 0 Å². The van der Waals surface area contributed by atoms with E-state index >= 15 is 0 Å². The molecule has 0 radical (unpaired) electrons. The quantitative estimate of drug-likeness (QED) is 0.451. The zero-order valence-corrected chi connectivity index (χ0v) is 17.8. The van der Waals surface area contributed by atoms with Crippen LogP contribution >= 0.6 is 8.53 Å². The van der Waals surface area contributed by atoms with Crippen molar-refractivity contribution in [3.63, 3.8) is 0 Å². The second-order valence-corrected chi connectivity index (χ2v) is 8.37. The van der Waals surface area contributed by atoms with Crippen LogP contribution < -0.4 is 10.8 Å². The predicted molar refractivity (Wildman–Crippen MR) is 107 cm³/mol. The van der Waals surface area contributed by atoms with Crippen molar-refractivity contribution >= 4 is 32.0 Å². The smallest absolute Gasteiger partial charge is 0.293 e. The number of ether oxygens (including phenoxy) is 2. The maximum atomic E-state index is 10.5. The van der Waals surface area contributed by atoms with Gasteiger partial charge in [0.2, 0.25) is 0 Å². The molecule has 1 aliphatic heterocycles. The molecule has 12 heteroatoms. The molecule has 1 saturated heterocycles. The lowest BCUT2D eigenvalue weighted by molar-refractivity contribution is -0.129. The minimum Gasteiger partial charge on any atom is -0.466 e. The third-order valence-corrected chi connectivity index (χ3v) is 6.16. The van der Waals surface area contributed by atoms with E-state index < -0.39 is 8.53 Å². The average Bonchev–Trinajstić information content (AvgIpc) is 3.12.